The predicted octanol–water partition coefficient (Wildman–Crippen LogP) is 1.61. The Labute approximate surface area is 139 Å². The van der Waals surface area contributed by atoms with Crippen LogP contribution in [0.5, 0.6) is 0 Å². The number of amides is 2. The fourth-order valence-corrected chi connectivity index (χ4v) is 3.33. The first-order valence-electron chi connectivity index (χ1n) is 8.43. The second kappa shape index (κ2) is 10.1. The van der Waals surface area contributed by atoms with Crippen LogP contribution in [0.3, 0.4) is 0 Å². The molecule has 0 spiro atoms. The first-order chi connectivity index (χ1) is 10.1. The molecule has 3 N–H and O–H groups in total. The van der Waals surface area contributed by atoms with Gasteiger partial charge in [-0.1, -0.05) is 12.8 Å². The van der Waals surface area contributed by atoms with E-state index in [-0.39, 0.29) is 36.2 Å². The van der Waals surface area contributed by atoms with E-state index in [0.717, 1.165) is 51.7 Å². The third-order valence-corrected chi connectivity index (χ3v) is 4.64. The number of carbonyl (C=O) groups excluding carboxylic acids is 2. The highest BCUT2D eigenvalue weighted by Crippen LogP contribution is 2.24. The van der Waals surface area contributed by atoms with Gasteiger partial charge < -0.3 is 16.0 Å². The van der Waals surface area contributed by atoms with Crippen molar-refractivity contribution in [1.82, 2.24) is 16.0 Å². The quantitative estimate of drug-likeness (QED) is 0.663. The van der Waals surface area contributed by atoms with Crippen molar-refractivity contribution in [3.63, 3.8) is 0 Å². The summed E-state index contributed by atoms with van der Waals surface area (Å²) in [5.74, 6) is 1.04. The number of carbonyl (C=O) groups is 2. The highest BCUT2D eigenvalue weighted by molar-refractivity contribution is 5.85. The van der Waals surface area contributed by atoms with Crippen molar-refractivity contribution < 1.29 is 9.59 Å². The SMILES string of the molecule is CC(CC(=O)NCCC1CCNC1)NC(=O)C1CCCC1.Cl. The van der Waals surface area contributed by atoms with Gasteiger partial charge in [0.2, 0.25) is 11.8 Å². The first-order valence-corrected chi connectivity index (χ1v) is 8.43. The molecule has 1 heterocycles. The Morgan fingerprint density at radius 2 is 1.95 bits per heavy atom. The van der Waals surface area contributed by atoms with Crippen LogP contribution in [0.15, 0.2) is 0 Å². The smallest absolute Gasteiger partial charge is 0.223 e. The Balaban J connectivity index is 0.00000242. The number of halogens is 1. The zero-order valence-corrected chi connectivity index (χ0v) is 14.3. The summed E-state index contributed by atoms with van der Waals surface area (Å²) in [6, 6.07) is -0.0775. The van der Waals surface area contributed by atoms with Crippen LogP contribution in [-0.4, -0.2) is 37.5 Å². The zero-order valence-electron chi connectivity index (χ0n) is 13.5. The molecule has 1 aliphatic heterocycles. The van der Waals surface area contributed by atoms with Crippen LogP contribution in [0.25, 0.3) is 0 Å². The van der Waals surface area contributed by atoms with Crippen molar-refractivity contribution in [1.29, 1.82) is 0 Å². The van der Waals surface area contributed by atoms with Gasteiger partial charge in [0.05, 0.1) is 0 Å². The molecule has 0 aromatic rings. The van der Waals surface area contributed by atoms with Gasteiger partial charge >= 0.3 is 0 Å². The average molecular weight is 332 g/mol. The van der Waals surface area contributed by atoms with Crippen LogP contribution in [0.1, 0.15) is 51.9 Å². The molecule has 2 aliphatic rings. The number of nitrogens with one attached hydrogen (secondary N) is 3. The Kier molecular flexibility index (Phi) is 8.79. The topological polar surface area (TPSA) is 70.2 Å². The van der Waals surface area contributed by atoms with E-state index in [1.807, 2.05) is 6.92 Å². The summed E-state index contributed by atoms with van der Waals surface area (Å²) in [5.41, 5.74) is 0. The fraction of sp³-hybridized carbons (Fsp3) is 0.875. The summed E-state index contributed by atoms with van der Waals surface area (Å²) >= 11 is 0. The molecule has 2 fully saturated rings. The molecule has 1 saturated heterocycles. The van der Waals surface area contributed by atoms with E-state index in [1.54, 1.807) is 0 Å². The molecule has 22 heavy (non-hydrogen) atoms. The maximum atomic E-state index is 12.0. The lowest BCUT2D eigenvalue weighted by atomic mass is 10.1. The number of hydrogen-bond donors (Lipinski definition) is 3. The van der Waals surface area contributed by atoms with Crippen LogP contribution in [-0.2, 0) is 9.59 Å². The van der Waals surface area contributed by atoms with Crippen LogP contribution in [0, 0.1) is 11.8 Å². The first kappa shape index (κ1) is 19.2. The van der Waals surface area contributed by atoms with E-state index in [2.05, 4.69) is 16.0 Å². The number of hydrogen-bond acceptors (Lipinski definition) is 3. The van der Waals surface area contributed by atoms with Crippen LogP contribution in [0.2, 0.25) is 0 Å². The molecule has 2 amide bonds. The van der Waals surface area contributed by atoms with Gasteiger partial charge in [0.25, 0.3) is 0 Å². The highest BCUT2D eigenvalue weighted by Gasteiger charge is 2.24. The van der Waals surface area contributed by atoms with Crippen molar-refractivity contribution in [2.75, 3.05) is 19.6 Å². The fourth-order valence-electron chi connectivity index (χ4n) is 3.33. The van der Waals surface area contributed by atoms with Gasteiger partial charge in [-0.15, -0.1) is 12.4 Å². The van der Waals surface area contributed by atoms with Crippen molar-refractivity contribution in [2.45, 2.75) is 57.9 Å². The van der Waals surface area contributed by atoms with E-state index in [9.17, 15) is 9.59 Å². The zero-order chi connectivity index (χ0) is 15.1. The summed E-state index contributed by atoms with van der Waals surface area (Å²) < 4.78 is 0. The maximum Gasteiger partial charge on any atom is 0.223 e. The lowest BCUT2D eigenvalue weighted by molar-refractivity contribution is -0.126. The summed E-state index contributed by atoms with van der Waals surface area (Å²) in [6.45, 7) is 4.83. The third-order valence-electron chi connectivity index (χ3n) is 4.64. The lowest BCUT2D eigenvalue weighted by Crippen LogP contribution is -2.40. The molecule has 5 nitrogen and oxygen atoms in total. The molecule has 2 unspecified atom stereocenters. The van der Waals surface area contributed by atoms with Gasteiger partial charge in [-0.25, -0.2) is 0 Å². The van der Waals surface area contributed by atoms with E-state index < -0.39 is 0 Å². The van der Waals surface area contributed by atoms with Gasteiger partial charge in [0.15, 0.2) is 0 Å². The molecular weight excluding hydrogens is 302 g/mol. The minimum atomic E-state index is -0.0775. The summed E-state index contributed by atoms with van der Waals surface area (Å²) in [7, 11) is 0. The Morgan fingerprint density at radius 3 is 2.59 bits per heavy atom. The van der Waals surface area contributed by atoms with Crippen LogP contribution >= 0.6 is 12.4 Å². The second-order valence-corrected chi connectivity index (χ2v) is 6.59. The van der Waals surface area contributed by atoms with Crippen LogP contribution < -0.4 is 16.0 Å². The molecular formula is C16H30ClN3O2. The van der Waals surface area contributed by atoms with Crippen molar-refractivity contribution in [3.8, 4) is 0 Å². The molecule has 2 rings (SSSR count). The lowest BCUT2D eigenvalue weighted by Gasteiger charge is -2.17. The molecule has 128 valence electrons. The van der Waals surface area contributed by atoms with Gasteiger partial charge in [-0.3, -0.25) is 9.59 Å². The van der Waals surface area contributed by atoms with Gasteiger partial charge in [0, 0.05) is 24.9 Å². The Bertz CT molecular complexity index is 353. The molecule has 0 aromatic heterocycles. The van der Waals surface area contributed by atoms with E-state index in [0.29, 0.717) is 12.3 Å². The molecule has 6 heteroatoms. The largest absolute Gasteiger partial charge is 0.356 e. The maximum absolute atomic E-state index is 12.0. The molecule has 1 saturated carbocycles. The van der Waals surface area contributed by atoms with E-state index in [4.69, 9.17) is 0 Å². The standard InChI is InChI=1S/C16H29N3O2.ClH/c1-12(19-16(21)14-4-2-3-5-14)10-15(20)18-9-7-13-6-8-17-11-13;/h12-14,17H,2-11H2,1H3,(H,18,20)(H,19,21);1H. The summed E-state index contributed by atoms with van der Waals surface area (Å²) in [6.07, 6.45) is 6.94. The van der Waals surface area contributed by atoms with Crippen molar-refractivity contribution >= 4 is 24.2 Å². The third kappa shape index (κ3) is 6.53. The van der Waals surface area contributed by atoms with Gasteiger partial charge in [0.1, 0.15) is 0 Å². The van der Waals surface area contributed by atoms with Gasteiger partial charge in [-0.05, 0) is 51.6 Å². The minimum Gasteiger partial charge on any atom is -0.356 e. The highest BCUT2D eigenvalue weighted by atomic mass is 35.5. The summed E-state index contributed by atoms with van der Waals surface area (Å²) in [5, 5.41) is 9.27. The summed E-state index contributed by atoms with van der Waals surface area (Å²) in [4.78, 5) is 23.8. The second-order valence-electron chi connectivity index (χ2n) is 6.59. The molecule has 1 aliphatic carbocycles. The predicted molar refractivity (Wildman–Crippen MR) is 90.0 cm³/mol. The van der Waals surface area contributed by atoms with E-state index >= 15 is 0 Å². The van der Waals surface area contributed by atoms with Crippen molar-refractivity contribution in [2.24, 2.45) is 11.8 Å². The van der Waals surface area contributed by atoms with Gasteiger partial charge in [-0.2, -0.15) is 0 Å². The molecule has 0 radical (unpaired) electrons. The monoisotopic (exact) mass is 331 g/mol. The van der Waals surface area contributed by atoms with E-state index in [1.165, 1.54) is 6.42 Å². The van der Waals surface area contributed by atoms with Crippen LogP contribution in [0.4, 0.5) is 0 Å². The molecule has 0 aromatic carbocycles. The Hall–Kier alpha value is -0.810. The Morgan fingerprint density at radius 1 is 1.23 bits per heavy atom. The van der Waals surface area contributed by atoms with Crippen molar-refractivity contribution in [3.05, 3.63) is 0 Å². The minimum absolute atomic E-state index is 0. The average Bonchev–Trinajstić information content (AvgIpc) is 3.11. The molecule has 0 bridgehead atoms. The number of rotatable bonds is 7. The molecule has 2 atom stereocenters. The normalized spacial score (nSPS) is 22.9.